The molecule has 0 N–H and O–H groups in total. The van der Waals surface area contributed by atoms with Crippen LogP contribution >= 0.6 is 0 Å². The van der Waals surface area contributed by atoms with E-state index in [0.717, 1.165) is 25.7 Å². The highest BCUT2D eigenvalue weighted by Gasteiger charge is 2.10. The minimum Gasteiger partial charge on any atom is -0.462 e. The summed E-state index contributed by atoms with van der Waals surface area (Å²) < 4.78 is 10.1. The Hall–Kier alpha value is -0.570. The smallest absolute Gasteiger partial charge is 0.302 e. The zero-order chi connectivity index (χ0) is 10.1. The van der Waals surface area contributed by atoms with E-state index in [4.69, 9.17) is 9.47 Å². The third-order valence-corrected chi connectivity index (χ3v) is 1.86. The first-order chi connectivity index (χ1) is 6.20. The van der Waals surface area contributed by atoms with Crippen LogP contribution < -0.4 is 0 Å². The topological polar surface area (TPSA) is 35.5 Å². The van der Waals surface area contributed by atoms with Crippen LogP contribution in [0, 0.1) is 0 Å². The molecule has 0 aromatic carbocycles. The molecule has 0 aromatic heterocycles. The number of unbranched alkanes of at least 4 members (excludes halogenated alkanes) is 1. The van der Waals surface area contributed by atoms with Crippen molar-refractivity contribution in [1.29, 1.82) is 0 Å². The Morgan fingerprint density at radius 2 is 2.08 bits per heavy atom. The van der Waals surface area contributed by atoms with Crippen LogP contribution in [-0.4, -0.2) is 25.8 Å². The van der Waals surface area contributed by atoms with Gasteiger partial charge in [0.15, 0.2) is 0 Å². The van der Waals surface area contributed by atoms with Crippen LogP contribution in [-0.2, 0) is 14.3 Å². The number of rotatable bonds is 7. The second-order valence-electron chi connectivity index (χ2n) is 3.16. The molecule has 1 unspecified atom stereocenters. The van der Waals surface area contributed by atoms with Gasteiger partial charge in [-0.3, -0.25) is 4.79 Å². The minimum absolute atomic E-state index is 0.0393. The number of carbonyl (C=O) groups excluding carboxylic acids is 1. The van der Waals surface area contributed by atoms with E-state index in [-0.39, 0.29) is 12.1 Å². The highest BCUT2D eigenvalue weighted by Crippen LogP contribution is 2.09. The normalized spacial score (nSPS) is 12.5. The minimum atomic E-state index is -0.197. The highest BCUT2D eigenvalue weighted by atomic mass is 16.5. The fourth-order valence-electron chi connectivity index (χ4n) is 1.18. The zero-order valence-electron chi connectivity index (χ0n) is 8.84. The number of esters is 1. The Bertz CT molecular complexity index is 126. The van der Waals surface area contributed by atoms with Crippen molar-refractivity contribution in [2.45, 2.75) is 45.6 Å². The van der Waals surface area contributed by atoms with E-state index in [1.165, 1.54) is 6.92 Å². The Kier molecular flexibility index (Phi) is 7.69. The van der Waals surface area contributed by atoms with E-state index in [1.54, 1.807) is 7.11 Å². The molecule has 0 aromatic rings. The van der Waals surface area contributed by atoms with E-state index in [1.807, 2.05) is 0 Å². The molecule has 0 bridgehead atoms. The Balaban J connectivity index is 3.66. The van der Waals surface area contributed by atoms with Crippen LogP contribution in [0.2, 0.25) is 0 Å². The number of carbonyl (C=O) groups is 1. The molecule has 0 radical (unpaired) electrons. The number of ether oxygens (including phenoxy) is 2. The Labute approximate surface area is 80.4 Å². The van der Waals surface area contributed by atoms with Gasteiger partial charge in [-0.05, 0) is 6.42 Å². The van der Waals surface area contributed by atoms with Crippen LogP contribution in [0.15, 0.2) is 0 Å². The number of hydrogen-bond donors (Lipinski definition) is 0. The maximum atomic E-state index is 10.7. The summed E-state index contributed by atoms with van der Waals surface area (Å²) in [5, 5.41) is 0. The molecule has 0 fully saturated rings. The second-order valence-corrected chi connectivity index (χ2v) is 3.16. The van der Waals surface area contributed by atoms with E-state index in [2.05, 4.69) is 6.92 Å². The van der Waals surface area contributed by atoms with Crippen molar-refractivity contribution in [3.63, 3.8) is 0 Å². The molecule has 1 atom stereocenters. The van der Waals surface area contributed by atoms with Gasteiger partial charge >= 0.3 is 5.97 Å². The molecule has 0 aliphatic heterocycles. The molecular weight excluding hydrogens is 168 g/mol. The van der Waals surface area contributed by atoms with Crippen LogP contribution in [0.4, 0.5) is 0 Å². The van der Waals surface area contributed by atoms with Crippen molar-refractivity contribution in [3.05, 3.63) is 0 Å². The standard InChI is InChI=1S/C10H20O3/c1-4-5-6-10(7-8-12-3)13-9(2)11/h10H,4-8H2,1-3H3. The van der Waals surface area contributed by atoms with Gasteiger partial charge in [0.2, 0.25) is 0 Å². The summed E-state index contributed by atoms with van der Waals surface area (Å²) in [6.07, 6.45) is 4.01. The average Bonchev–Trinajstić information content (AvgIpc) is 2.09. The SMILES string of the molecule is CCCCC(CCOC)OC(C)=O. The molecule has 13 heavy (non-hydrogen) atoms. The van der Waals surface area contributed by atoms with E-state index in [9.17, 15) is 4.79 Å². The third-order valence-electron chi connectivity index (χ3n) is 1.86. The maximum absolute atomic E-state index is 10.7. The monoisotopic (exact) mass is 188 g/mol. The van der Waals surface area contributed by atoms with Crippen molar-refractivity contribution in [2.24, 2.45) is 0 Å². The first-order valence-corrected chi connectivity index (χ1v) is 4.86. The summed E-state index contributed by atoms with van der Waals surface area (Å²) in [6, 6.07) is 0. The average molecular weight is 188 g/mol. The van der Waals surface area contributed by atoms with Crippen molar-refractivity contribution in [3.8, 4) is 0 Å². The summed E-state index contributed by atoms with van der Waals surface area (Å²) in [6.45, 7) is 4.23. The summed E-state index contributed by atoms with van der Waals surface area (Å²) in [7, 11) is 1.66. The summed E-state index contributed by atoms with van der Waals surface area (Å²) in [4.78, 5) is 10.7. The first-order valence-electron chi connectivity index (χ1n) is 4.86. The van der Waals surface area contributed by atoms with Crippen LogP contribution in [0.1, 0.15) is 39.5 Å². The largest absolute Gasteiger partial charge is 0.462 e. The summed E-state index contributed by atoms with van der Waals surface area (Å²) >= 11 is 0. The molecule has 78 valence electrons. The molecule has 0 saturated heterocycles. The maximum Gasteiger partial charge on any atom is 0.302 e. The van der Waals surface area contributed by atoms with Crippen molar-refractivity contribution < 1.29 is 14.3 Å². The van der Waals surface area contributed by atoms with Gasteiger partial charge < -0.3 is 9.47 Å². The van der Waals surface area contributed by atoms with E-state index < -0.39 is 0 Å². The lowest BCUT2D eigenvalue weighted by atomic mass is 10.1. The van der Waals surface area contributed by atoms with Crippen molar-refractivity contribution in [2.75, 3.05) is 13.7 Å². The van der Waals surface area contributed by atoms with Gasteiger partial charge in [-0.2, -0.15) is 0 Å². The molecule has 0 amide bonds. The zero-order valence-corrected chi connectivity index (χ0v) is 8.84. The molecule has 0 heterocycles. The van der Waals surface area contributed by atoms with Gasteiger partial charge in [-0.1, -0.05) is 19.8 Å². The number of methoxy groups -OCH3 is 1. The fourth-order valence-corrected chi connectivity index (χ4v) is 1.18. The molecular formula is C10H20O3. The summed E-state index contributed by atoms with van der Waals surface area (Å²) in [5.74, 6) is -0.197. The molecule has 0 saturated carbocycles. The lowest BCUT2D eigenvalue weighted by molar-refractivity contribution is -0.147. The molecule has 0 aliphatic carbocycles. The van der Waals surface area contributed by atoms with Gasteiger partial charge in [0.05, 0.1) is 0 Å². The molecule has 3 nitrogen and oxygen atoms in total. The van der Waals surface area contributed by atoms with Crippen LogP contribution in [0.5, 0.6) is 0 Å². The first kappa shape index (κ1) is 12.4. The van der Waals surface area contributed by atoms with Crippen molar-refractivity contribution >= 4 is 5.97 Å². The Morgan fingerprint density at radius 3 is 2.54 bits per heavy atom. The van der Waals surface area contributed by atoms with Crippen LogP contribution in [0.3, 0.4) is 0 Å². The lowest BCUT2D eigenvalue weighted by Crippen LogP contribution is -2.18. The lowest BCUT2D eigenvalue weighted by Gasteiger charge is -2.15. The predicted molar refractivity (Wildman–Crippen MR) is 51.6 cm³/mol. The summed E-state index contributed by atoms with van der Waals surface area (Å²) in [5.41, 5.74) is 0. The van der Waals surface area contributed by atoms with Gasteiger partial charge in [0.25, 0.3) is 0 Å². The highest BCUT2D eigenvalue weighted by molar-refractivity contribution is 5.66. The third kappa shape index (κ3) is 7.78. The van der Waals surface area contributed by atoms with Gasteiger partial charge in [-0.15, -0.1) is 0 Å². The van der Waals surface area contributed by atoms with Gasteiger partial charge in [0, 0.05) is 27.1 Å². The van der Waals surface area contributed by atoms with E-state index >= 15 is 0 Å². The number of hydrogen-bond acceptors (Lipinski definition) is 3. The van der Waals surface area contributed by atoms with Gasteiger partial charge in [-0.25, -0.2) is 0 Å². The molecule has 0 rings (SSSR count). The van der Waals surface area contributed by atoms with Crippen LogP contribution in [0.25, 0.3) is 0 Å². The second kappa shape index (κ2) is 8.05. The molecule has 3 heteroatoms. The fraction of sp³-hybridized carbons (Fsp3) is 0.900. The quantitative estimate of drug-likeness (QED) is 0.574. The van der Waals surface area contributed by atoms with E-state index in [0.29, 0.717) is 6.61 Å². The molecule has 0 aliphatic rings. The predicted octanol–water partition coefficient (Wildman–Crippen LogP) is 2.14. The molecule has 0 spiro atoms. The van der Waals surface area contributed by atoms with Gasteiger partial charge in [0.1, 0.15) is 6.10 Å². The Morgan fingerprint density at radius 1 is 1.38 bits per heavy atom. The van der Waals surface area contributed by atoms with Crippen molar-refractivity contribution in [1.82, 2.24) is 0 Å².